The van der Waals surface area contributed by atoms with Gasteiger partial charge in [0.15, 0.2) is 0 Å². The fraction of sp³-hybridized carbons (Fsp3) is 0.533. The molecule has 1 aliphatic heterocycles. The van der Waals surface area contributed by atoms with Gasteiger partial charge in [-0.3, -0.25) is 0 Å². The molecule has 0 spiro atoms. The molecular weight excluding hydrogens is 252 g/mol. The molecule has 0 saturated carbocycles. The van der Waals surface area contributed by atoms with Crippen molar-refractivity contribution in [2.24, 2.45) is 0 Å². The Morgan fingerprint density at radius 2 is 2.00 bits per heavy atom. The lowest BCUT2D eigenvalue weighted by Crippen LogP contribution is -2.39. The minimum absolute atomic E-state index is 0.148. The van der Waals surface area contributed by atoms with Crippen LogP contribution in [0.25, 0.3) is 11.0 Å². The van der Waals surface area contributed by atoms with Crippen LogP contribution >= 0.6 is 0 Å². The van der Waals surface area contributed by atoms with Gasteiger partial charge in [-0.1, -0.05) is 6.92 Å². The number of aromatic amines is 2. The molecule has 2 heterocycles. The molecule has 3 N–H and O–H groups in total. The van der Waals surface area contributed by atoms with Gasteiger partial charge in [0.05, 0.1) is 11.0 Å². The van der Waals surface area contributed by atoms with Crippen LogP contribution < -0.4 is 11.0 Å². The van der Waals surface area contributed by atoms with Gasteiger partial charge in [-0.25, -0.2) is 4.79 Å². The van der Waals surface area contributed by atoms with Gasteiger partial charge in [0, 0.05) is 24.8 Å². The van der Waals surface area contributed by atoms with Crippen LogP contribution in [-0.2, 0) is 0 Å². The van der Waals surface area contributed by atoms with Crippen LogP contribution in [0.15, 0.2) is 23.0 Å². The first kappa shape index (κ1) is 13.2. The molecular formula is C15H22N4O. The zero-order valence-corrected chi connectivity index (χ0v) is 11.9. The maximum absolute atomic E-state index is 11.3. The first-order valence-corrected chi connectivity index (χ1v) is 7.45. The molecule has 0 bridgehead atoms. The lowest BCUT2D eigenvalue weighted by Gasteiger charge is -2.32. The van der Waals surface area contributed by atoms with Crippen molar-refractivity contribution in [3.63, 3.8) is 0 Å². The lowest BCUT2D eigenvalue weighted by atomic mass is 10.0. The Hall–Kier alpha value is -1.75. The summed E-state index contributed by atoms with van der Waals surface area (Å²) in [5, 5.41) is 3.58. The van der Waals surface area contributed by atoms with Crippen LogP contribution in [0.4, 0.5) is 5.69 Å². The fourth-order valence-corrected chi connectivity index (χ4v) is 2.98. The summed E-state index contributed by atoms with van der Waals surface area (Å²) in [5.41, 5.74) is 2.66. The number of nitrogens with one attached hydrogen (secondary N) is 3. The highest BCUT2D eigenvalue weighted by Gasteiger charge is 2.18. The predicted molar refractivity (Wildman–Crippen MR) is 82.3 cm³/mol. The van der Waals surface area contributed by atoms with Crippen LogP contribution in [0.2, 0.25) is 0 Å². The van der Waals surface area contributed by atoms with E-state index >= 15 is 0 Å². The van der Waals surface area contributed by atoms with Crippen molar-refractivity contribution < 1.29 is 0 Å². The van der Waals surface area contributed by atoms with Gasteiger partial charge in [-0.2, -0.15) is 0 Å². The standard InChI is InChI=1S/C15H22N4O/c1-2-7-19-8-5-11(6-9-19)16-12-3-4-13-14(10-12)18-15(20)17-13/h3-4,10-11,16H,2,5-9H2,1H3,(H2,17,18,20). The summed E-state index contributed by atoms with van der Waals surface area (Å²) in [4.78, 5) is 19.3. The normalized spacial score (nSPS) is 17.6. The van der Waals surface area contributed by atoms with Crippen molar-refractivity contribution in [2.75, 3.05) is 25.0 Å². The second kappa shape index (κ2) is 5.71. The molecule has 0 unspecified atom stereocenters. The van der Waals surface area contributed by atoms with Crippen molar-refractivity contribution in [2.45, 2.75) is 32.2 Å². The highest BCUT2D eigenvalue weighted by Crippen LogP contribution is 2.19. The van der Waals surface area contributed by atoms with Crippen molar-refractivity contribution in [1.82, 2.24) is 14.9 Å². The second-order valence-corrected chi connectivity index (χ2v) is 5.60. The van der Waals surface area contributed by atoms with Gasteiger partial charge in [-0.05, 0) is 44.0 Å². The van der Waals surface area contributed by atoms with E-state index in [1.165, 1.54) is 38.9 Å². The van der Waals surface area contributed by atoms with E-state index in [0.717, 1.165) is 16.7 Å². The Balaban J connectivity index is 1.63. The van der Waals surface area contributed by atoms with Gasteiger partial charge < -0.3 is 20.2 Å². The third-order valence-corrected chi connectivity index (χ3v) is 4.01. The number of hydrogen-bond donors (Lipinski definition) is 3. The molecule has 0 atom stereocenters. The first-order valence-electron chi connectivity index (χ1n) is 7.45. The molecule has 1 aliphatic rings. The van der Waals surface area contributed by atoms with Crippen molar-refractivity contribution in [3.8, 4) is 0 Å². The third kappa shape index (κ3) is 2.88. The highest BCUT2D eigenvalue weighted by molar-refractivity contribution is 5.78. The number of likely N-dealkylation sites (tertiary alicyclic amines) is 1. The second-order valence-electron chi connectivity index (χ2n) is 5.60. The maximum atomic E-state index is 11.3. The fourth-order valence-electron chi connectivity index (χ4n) is 2.98. The Kier molecular flexibility index (Phi) is 3.78. The molecule has 1 fully saturated rings. The minimum Gasteiger partial charge on any atom is -0.382 e. The first-order chi connectivity index (χ1) is 9.74. The number of nitrogens with zero attached hydrogens (tertiary/aromatic N) is 1. The highest BCUT2D eigenvalue weighted by atomic mass is 16.1. The number of hydrogen-bond acceptors (Lipinski definition) is 3. The Bertz CT molecular complexity index is 622. The SMILES string of the molecule is CCCN1CCC(Nc2ccc3[nH]c(=O)[nH]c3c2)CC1. The molecule has 5 nitrogen and oxygen atoms in total. The Labute approximate surface area is 118 Å². The summed E-state index contributed by atoms with van der Waals surface area (Å²) in [6.45, 7) is 5.80. The molecule has 2 aromatic rings. The molecule has 5 heteroatoms. The summed E-state index contributed by atoms with van der Waals surface area (Å²) in [5.74, 6) is 0. The number of aromatic nitrogens is 2. The molecule has 20 heavy (non-hydrogen) atoms. The molecule has 0 amide bonds. The Morgan fingerprint density at radius 3 is 2.75 bits per heavy atom. The summed E-state index contributed by atoms with van der Waals surface area (Å²) in [6, 6.07) is 6.52. The number of fused-ring (bicyclic) bond motifs is 1. The quantitative estimate of drug-likeness (QED) is 0.800. The van der Waals surface area contributed by atoms with Crippen molar-refractivity contribution in [3.05, 3.63) is 28.7 Å². The Morgan fingerprint density at radius 1 is 1.25 bits per heavy atom. The summed E-state index contributed by atoms with van der Waals surface area (Å²) in [7, 11) is 0. The molecule has 108 valence electrons. The summed E-state index contributed by atoms with van der Waals surface area (Å²) >= 11 is 0. The van der Waals surface area contributed by atoms with Crippen molar-refractivity contribution >= 4 is 16.7 Å². The van der Waals surface area contributed by atoms with Crippen LogP contribution in [0.1, 0.15) is 26.2 Å². The number of imidazole rings is 1. The van der Waals surface area contributed by atoms with E-state index in [1.807, 2.05) is 18.2 Å². The van der Waals surface area contributed by atoms with Crippen molar-refractivity contribution in [1.29, 1.82) is 0 Å². The average Bonchev–Trinajstić information content (AvgIpc) is 2.81. The summed E-state index contributed by atoms with van der Waals surface area (Å²) < 4.78 is 0. The molecule has 1 aromatic heterocycles. The topological polar surface area (TPSA) is 63.9 Å². The molecule has 0 radical (unpaired) electrons. The number of rotatable bonds is 4. The molecule has 3 rings (SSSR count). The zero-order valence-electron chi connectivity index (χ0n) is 11.9. The van der Waals surface area contributed by atoms with Gasteiger partial charge in [0.2, 0.25) is 0 Å². The van der Waals surface area contributed by atoms with E-state index in [-0.39, 0.29) is 5.69 Å². The third-order valence-electron chi connectivity index (χ3n) is 4.01. The van der Waals surface area contributed by atoms with E-state index in [2.05, 4.69) is 27.1 Å². The van der Waals surface area contributed by atoms with Gasteiger partial charge in [-0.15, -0.1) is 0 Å². The van der Waals surface area contributed by atoms with Gasteiger partial charge in [0.1, 0.15) is 0 Å². The molecule has 1 aromatic carbocycles. The van der Waals surface area contributed by atoms with Crippen LogP contribution in [0.5, 0.6) is 0 Å². The van der Waals surface area contributed by atoms with E-state index in [1.54, 1.807) is 0 Å². The lowest BCUT2D eigenvalue weighted by molar-refractivity contribution is 0.219. The van der Waals surface area contributed by atoms with Gasteiger partial charge >= 0.3 is 5.69 Å². The maximum Gasteiger partial charge on any atom is 0.323 e. The largest absolute Gasteiger partial charge is 0.382 e. The number of H-pyrrole nitrogens is 2. The van der Waals surface area contributed by atoms with Crippen LogP contribution in [0.3, 0.4) is 0 Å². The molecule has 0 aliphatic carbocycles. The van der Waals surface area contributed by atoms with E-state index in [9.17, 15) is 4.79 Å². The van der Waals surface area contributed by atoms with E-state index in [4.69, 9.17) is 0 Å². The average molecular weight is 274 g/mol. The number of anilines is 1. The minimum atomic E-state index is -0.148. The number of piperidine rings is 1. The zero-order chi connectivity index (χ0) is 13.9. The predicted octanol–water partition coefficient (Wildman–Crippen LogP) is 2.14. The van der Waals surface area contributed by atoms with Crippen LogP contribution in [0, 0.1) is 0 Å². The van der Waals surface area contributed by atoms with Gasteiger partial charge in [0.25, 0.3) is 0 Å². The summed E-state index contributed by atoms with van der Waals surface area (Å²) in [6.07, 6.45) is 3.60. The van der Waals surface area contributed by atoms with Crippen LogP contribution in [-0.4, -0.2) is 40.5 Å². The monoisotopic (exact) mass is 274 g/mol. The number of benzene rings is 1. The smallest absolute Gasteiger partial charge is 0.323 e. The molecule has 1 saturated heterocycles. The van der Waals surface area contributed by atoms with E-state index < -0.39 is 0 Å². The van der Waals surface area contributed by atoms with E-state index in [0.29, 0.717) is 6.04 Å².